The van der Waals surface area contributed by atoms with Crippen molar-refractivity contribution in [1.82, 2.24) is 4.57 Å². The number of methoxy groups -OCH3 is 2. The molecule has 1 unspecified atom stereocenters. The van der Waals surface area contributed by atoms with Gasteiger partial charge in [-0.2, -0.15) is 5.26 Å². The van der Waals surface area contributed by atoms with Crippen LogP contribution in [0.3, 0.4) is 0 Å². The molecular weight excluding hydrogens is 446 g/mol. The summed E-state index contributed by atoms with van der Waals surface area (Å²) in [4.78, 5) is 25.2. The summed E-state index contributed by atoms with van der Waals surface area (Å²) in [6.45, 7) is 8.23. The lowest BCUT2D eigenvalue weighted by Gasteiger charge is -2.16. The maximum absolute atomic E-state index is 12.6. The van der Waals surface area contributed by atoms with Gasteiger partial charge in [-0.05, 0) is 57.0 Å². The Morgan fingerprint density at radius 2 is 1.94 bits per heavy atom. The molecule has 33 heavy (non-hydrogen) atoms. The molecule has 0 bridgehead atoms. The van der Waals surface area contributed by atoms with E-state index in [0.29, 0.717) is 29.6 Å². The first-order chi connectivity index (χ1) is 15.6. The Hall–Kier alpha value is -3.28. The van der Waals surface area contributed by atoms with E-state index in [2.05, 4.69) is 5.32 Å². The summed E-state index contributed by atoms with van der Waals surface area (Å²) < 4.78 is 17.6. The van der Waals surface area contributed by atoms with E-state index in [9.17, 15) is 14.9 Å². The summed E-state index contributed by atoms with van der Waals surface area (Å²) in [5.74, 6) is -1.08. The number of nitrogens with zero attached hydrogens (tertiary/aromatic N) is 2. The zero-order valence-electron chi connectivity index (χ0n) is 19.6. The van der Waals surface area contributed by atoms with Crippen LogP contribution in [0.25, 0.3) is 6.08 Å². The summed E-state index contributed by atoms with van der Waals surface area (Å²) in [7, 11) is 3.08. The van der Waals surface area contributed by atoms with Crippen LogP contribution >= 0.6 is 11.6 Å². The molecule has 0 fully saturated rings. The van der Waals surface area contributed by atoms with E-state index in [1.165, 1.54) is 20.1 Å². The van der Waals surface area contributed by atoms with Gasteiger partial charge in [0, 0.05) is 36.1 Å². The third kappa shape index (κ3) is 6.37. The van der Waals surface area contributed by atoms with E-state index >= 15 is 0 Å². The van der Waals surface area contributed by atoms with Gasteiger partial charge < -0.3 is 24.1 Å². The second-order valence-corrected chi connectivity index (χ2v) is 7.89. The molecule has 0 aliphatic heterocycles. The molecule has 1 heterocycles. The number of nitrogens with one attached hydrogen (secondary N) is 1. The Kier molecular flexibility index (Phi) is 9.09. The summed E-state index contributed by atoms with van der Waals surface area (Å²) in [6, 6.07) is 6.98. The van der Waals surface area contributed by atoms with Crippen molar-refractivity contribution in [2.24, 2.45) is 0 Å². The number of aromatic nitrogens is 1. The zero-order valence-corrected chi connectivity index (χ0v) is 20.4. The van der Waals surface area contributed by atoms with Crippen molar-refractivity contribution in [3.8, 4) is 11.8 Å². The number of nitriles is 1. The van der Waals surface area contributed by atoms with Crippen LogP contribution in [0.5, 0.6) is 5.75 Å². The molecule has 176 valence electrons. The topological polar surface area (TPSA) is 103 Å². The molecular formula is C24H28ClN3O5. The SMILES string of the molecule is COCCn1c(C)cc(/C=C(\C#N)C(=O)OC(C)C(=O)Nc2cc(C)c(Cl)cc2OC)c1C. The minimum atomic E-state index is -1.15. The predicted octanol–water partition coefficient (Wildman–Crippen LogP) is 4.20. The lowest BCUT2D eigenvalue weighted by Crippen LogP contribution is -2.30. The van der Waals surface area contributed by atoms with Gasteiger partial charge in [0.2, 0.25) is 0 Å². The standard InChI is InChI=1S/C24H28ClN3O5/c1-14-9-21(22(32-6)12-20(14)25)27-23(29)17(4)33-24(30)19(13-26)11-18-10-15(2)28(16(18)3)7-8-31-5/h9-12,17H,7-8H2,1-6H3,(H,27,29)/b19-11+. The number of aryl methyl sites for hydroxylation is 2. The molecule has 0 spiro atoms. The fourth-order valence-corrected chi connectivity index (χ4v) is 3.39. The van der Waals surface area contributed by atoms with Gasteiger partial charge in [-0.3, -0.25) is 4.79 Å². The highest BCUT2D eigenvalue weighted by atomic mass is 35.5. The first-order valence-corrected chi connectivity index (χ1v) is 10.6. The van der Waals surface area contributed by atoms with Crippen LogP contribution in [0.1, 0.15) is 29.4 Å². The first kappa shape index (κ1) is 26.0. The van der Waals surface area contributed by atoms with Crippen LogP contribution in [0.2, 0.25) is 5.02 Å². The van der Waals surface area contributed by atoms with Gasteiger partial charge in [0.05, 0.1) is 19.4 Å². The van der Waals surface area contributed by atoms with Crippen LogP contribution in [0.15, 0.2) is 23.8 Å². The molecule has 8 nitrogen and oxygen atoms in total. The molecule has 2 aromatic rings. The lowest BCUT2D eigenvalue weighted by atomic mass is 10.1. The number of anilines is 1. The minimum Gasteiger partial charge on any atom is -0.495 e. The highest BCUT2D eigenvalue weighted by molar-refractivity contribution is 6.31. The Balaban J connectivity index is 2.15. The van der Waals surface area contributed by atoms with Crippen LogP contribution in [-0.4, -0.2) is 43.4 Å². The van der Waals surface area contributed by atoms with Gasteiger partial charge in [-0.25, -0.2) is 4.79 Å². The molecule has 1 N–H and O–H groups in total. The Morgan fingerprint density at radius 3 is 2.55 bits per heavy atom. The number of carbonyl (C=O) groups excluding carboxylic acids is 2. The van der Waals surface area contributed by atoms with Crippen LogP contribution in [0.4, 0.5) is 5.69 Å². The van der Waals surface area contributed by atoms with Crippen molar-refractivity contribution in [3.63, 3.8) is 0 Å². The predicted molar refractivity (Wildman–Crippen MR) is 126 cm³/mol. The Labute approximate surface area is 198 Å². The maximum atomic E-state index is 12.6. The quantitative estimate of drug-likeness (QED) is 0.332. The fraction of sp³-hybridized carbons (Fsp3) is 0.375. The van der Waals surface area contributed by atoms with Crippen molar-refractivity contribution in [3.05, 3.63) is 51.3 Å². The van der Waals surface area contributed by atoms with E-state index < -0.39 is 18.0 Å². The third-order valence-corrected chi connectivity index (χ3v) is 5.57. The number of halogens is 1. The fourth-order valence-electron chi connectivity index (χ4n) is 3.23. The largest absolute Gasteiger partial charge is 0.495 e. The van der Waals surface area contributed by atoms with E-state index in [1.54, 1.807) is 26.2 Å². The van der Waals surface area contributed by atoms with Gasteiger partial charge in [0.25, 0.3) is 5.91 Å². The van der Waals surface area contributed by atoms with Gasteiger partial charge in [0.15, 0.2) is 6.10 Å². The molecule has 1 atom stereocenters. The van der Waals surface area contributed by atoms with Gasteiger partial charge in [-0.15, -0.1) is 0 Å². The number of carbonyl (C=O) groups is 2. The van der Waals surface area contributed by atoms with E-state index in [-0.39, 0.29) is 5.57 Å². The zero-order chi connectivity index (χ0) is 24.7. The monoisotopic (exact) mass is 473 g/mol. The Bertz CT molecular complexity index is 1110. The summed E-state index contributed by atoms with van der Waals surface area (Å²) in [5.41, 5.74) is 3.52. The number of amides is 1. The third-order valence-electron chi connectivity index (χ3n) is 5.16. The molecule has 0 aliphatic rings. The number of rotatable bonds is 9. The molecule has 1 aromatic carbocycles. The van der Waals surface area contributed by atoms with Crippen molar-refractivity contribution < 1.29 is 23.8 Å². The van der Waals surface area contributed by atoms with Crippen molar-refractivity contribution >= 4 is 35.2 Å². The second kappa shape index (κ2) is 11.5. The van der Waals surface area contributed by atoms with Crippen LogP contribution < -0.4 is 10.1 Å². The van der Waals surface area contributed by atoms with Crippen LogP contribution in [-0.2, 0) is 25.6 Å². The highest BCUT2D eigenvalue weighted by Crippen LogP contribution is 2.31. The smallest absolute Gasteiger partial charge is 0.349 e. The van der Waals surface area contributed by atoms with Crippen LogP contribution in [0, 0.1) is 32.1 Å². The number of esters is 1. The van der Waals surface area contributed by atoms with Crippen molar-refractivity contribution in [2.75, 3.05) is 26.1 Å². The summed E-state index contributed by atoms with van der Waals surface area (Å²) >= 11 is 6.09. The van der Waals surface area contributed by atoms with Gasteiger partial charge in [0.1, 0.15) is 17.4 Å². The molecule has 1 aromatic heterocycles. The van der Waals surface area contributed by atoms with Crippen molar-refractivity contribution in [1.29, 1.82) is 5.26 Å². The molecule has 0 saturated carbocycles. The van der Waals surface area contributed by atoms with Crippen molar-refractivity contribution in [2.45, 2.75) is 40.3 Å². The lowest BCUT2D eigenvalue weighted by molar-refractivity contribution is -0.148. The number of ether oxygens (including phenoxy) is 3. The summed E-state index contributed by atoms with van der Waals surface area (Å²) in [6.07, 6.45) is 0.313. The number of hydrogen-bond acceptors (Lipinski definition) is 6. The highest BCUT2D eigenvalue weighted by Gasteiger charge is 2.22. The van der Waals surface area contributed by atoms with Gasteiger partial charge in [-0.1, -0.05) is 11.6 Å². The molecule has 0 aliphatic carbocycles. The summed E-state index contributed by atoms with van der Waals surface area (Å²) in [5, 5.41) is 12.7. The first-order valence-electron chi connectivity index (χ1n) is 10.3. The molecule has 2 rings (SSSR count). The van der Waals surface area contributed by atoms with E-state index in [1.807, 2.05) is 30.6 Å². The Morgan fingerprint density at radius 1 is 1.24 bits per heavy atom. The number of hydrogen-bond donors (Lipinski definition) is 1. The molecule has 0 radical (unpaired) electrons. The van der Waals surface area contributed by atoms with E-state index in [4.69, 9.17) is 25.8 Å². The maximum Gasteiger partial charge on any atom is 0.349 e. The average Bonchev–Trinajstić information content (AvgIpc) is 3.04. The minimum absolute atomic E-state index is 0.207. The average molecular weight is 474 g/mol. The number of benzene rings is 1. The van der Waals surface area contributed by atoms with E-state index in [0.717, 1.165) is 22.5 Å². The normalized spacial score (nSPS) is 12.1. The van der Waals surface area contributed by atoms with Gasteiger partial charge >= 0.3 is 5.97 Å². The second-order valence-electron chi connectivity index (χ2n) is 7.48. The molecule has 9 heteroatoms. The molecule has 0 saturated heterocycles. The molecule has 1 amide bonds.